The summed E-state index contributed by atoms with van der Waals surface area (Å²) in [7, 11) is -3.23. The Morgan fingerprint density at radius 3 is 2.67 bits per heavy atom. The van der Waals surface area contributed by atoms with E-state index in [0.29, 0.717) is 19.5 Å². The summed E-state index contributed by atoms with van der Waals surface area (Å²) in [6, 6.07) is 0. The Balaban J connectivity index is 2.26. The lowest BCUT2D eigenvalue weighted by molar-refractivity contribution is -0.175. The number of piperidine rings is 1. The first-order valence-electron chi connectivity index (χ1n) is 6.85. The molecule has 0 aromatic carbocycles. The van der Waals surface area contributed by atoms with Crippen LogP contribution in [0.1, 0.15) is 25.7 Å². The first-order valence-corrected chi connectivity index (χ1v) is 8.70. The molecule has 0 amide bonds. The minimum Gasteiger partial charge on any atom is -0.393 e. The lowest BCUT2D eigenvalue weighted by atomic mass is 9.92. The van der Waals surface area contributed by atoms with Crippen LogP contribution >= 0.6 is 0 Å². The first kappa shape index (κ1) is 18.7. The van der Waals surface area contributed by atoms with E-state index >= 15 is 0 Å². The minimum atomic E-state index is -4.36. The highest BCUT2D eigenvalue weighted by atomic mass is 32.2. The molecule has 1 fully saturated rings. The van der Waals surface area contributed by atoms with E-state index in [1.165, 1.54) is 4.31 Å². The summed E-state index contributed by atoms with van der Waals surface area (Å²) >= 11 is 0. The van der Waals surface area contributed by atoms with Gasteiger partial charge in [0.25, 0.3) is 0 Å². The van der Waals surface area contributed by atoms with Crippen molar-refractivity contribution in [2.24, 2.45) is 5.92 Å². The van der Waals surface area contributed by atoms with E-state index in [-0.39, 0.29) is 18.9 Å². The molecule has 0 bridgehead atoms. The molecule has 0 aromatic rings. The molecule has 5 nitrogen and oxygen atoms in total. The molecule has 0 spiro atoms. The van der Waals surface area contributed by atoms with Gasteiger partial charge < -0.3 is 9.84 Å². The van der Waals surface area contributed by atoms with Crippen LogP contribution in [0, 0.1) is 5.92 Å². The third-order valence-electron chi connectivity index (χ3n) is 3.42. The van der Waals surface area contributed by atoms with Crippen molar-refractivity contribution >= 4 is 10.0 Å². The number of halogens is 3. The zero-order valence-corrected chi connectivity index (χ0v) is 12.8. The number of hydrogen-bond donors (Lipinski definition) is 1. The molecule has 2 atom stereocenters. The number of sulfonamides is 1. The SMILES string of the molecule is CS(=O)(=O)N1CCCC(CC(O)CCOCC(F)(F)F)C1. The Labute approximate surface area is 123 Å². The van der Waals surface area contributed by atoms with Gasteiger partial charge in [0.2, 0.25) is 10.0 Å². The van der Waals surface area contributed by atoms with E-state index in [2.05, 4.69) is 4.74 Å². The maximum Gasteiger partial charge on any atom is 0.411 e. The van der Waals surface area contributed by atoms with E-state index in [1.54, 1.807) is 0 Å². The van der Waals surface area contributed by atoms with Crippen LogP contribution in [-0.2, 0) is 14.8 Å². The van der Waals surface area contributed by atoms with Gasteiger partial charge in [-0.05, 0) is 31.6 Å². The molecule has 1 aliphatic rings. The Hall–Kier alpha value is -0.380. The van der Waals surface area contributed by atoms with E-state index in [0.717, 1.165) is 19.1 Å². The number of hydrogen-bond acceptors (Lipinski definition) is 4. The number of nitrogens with zero attached hydrogens (tertiary/aromatic N) is 1. The van der Waals surface area contributed by atoms with Gasteiger partial charge in [-0.25, -0.2) is 12.7 Å². The lowest BCUT2D eigenvalue weighted by Gasteiger charge is -2.32. The summed E-state index contributed by atoms with van der Waals surface area (Å²) in [4.78, 5) is 0. The third-order valence-corrected chi connectivity index (χ3v) is 4.69. The second kappa shape index (κ2) is 7.75. The monoisotopic (exact) mass is 333 g/mol. The Kier molecular flexibility index (Phi) is 6.89. The smallest absolute Gasteiger partial charge is 0.393 e. The van der Waals surface area contributed by atoms with Crippen LogP contribution in [0.3, 0.4) is 0 Å². The number of ether oxygens (including phenoxy) is 1. The lowest BCUT2D eigenvalue weighted by Crippen LogP contribution is -2.40. The molecule has 0 radical (unpaired) electrons. The maximum absolute atomic E-state index is 11.9. The van der Waals surface area contributed by atoms with E-state index in [9.17, 15) is 26.7 Å². The molecular formula is C12H22F3NO4S. The fourth-order valence-electron chi connectivity index (χ4n) is 2.43. The topological polar surface area (TPSA) is 66.8 Å². The molecule has 2 unspecified atom stereocenters. The van der Waals surface area contributed by atoms with Crippen molar-refractivity contribution in [1.29, 1.82) is 0 Å². The molecule has 126 valence electrons. The molecule has 1 saturated heterocycles. The first-order chi connectivity index (χ1) is 9.58. The Bertz CT molecular complexity index is 413. The van der Waals surface area contributed by atoms with Crippen LogP contribution in [0.4, 0.5) is 13.2 Å². The van der Waals surface area contributed by atoms with Gasteiger partial charge in [-0.1, -0.05) is 0 Å². The number of aliphatic hydroxyl groups is 1. The van der Waals surface area contributed by atoms with Crippen molar-refractivity contribution in [3.05, 3.63) is 0 Å². The quantitative estimate of drug-likeness (QED) is 0.715. The van der Waals surface area contributed by atoms with Gasteiger partial charge in [0.15, 0.2) is 0 Å². The van der Waals surface area contributed by atoms with Crippen molar-refractivity contribution in [3.63, 3.8) is 0 Å². The summed E-state index contributed by atoms with van der Waals surface area (Å²) in [5.41, 5.74) is 0. The molecule has 0 saturated carbocycles. The Morgan fingerprint density at radius 1 is 1.43 bits per heavy atom. The van der Waals surface area contributed by atoms with Crippen molar-refractivity contribution in [2.75, 3.05) is 32.6 Å². The van der Waals surface area contributed by atoms with E-state index < -0.39 is 28.9 Å². The molecule has 21 heavy (non-hydrogen) atoms. The molecule has 0 aliphatic carbocycles. The van der Waals surface area contributed by atoms with Gasteiger partial charge in [-0.3, -0.25) is 0 Å². The maximum atomic E-state index is 11.9. The zero-order valence-electron chi connectivity index (χ0n) is 12.0. The number of alkyl halides is 3. The van der Waals surface area contributed by atoms with Crippen molar-refractivity contribution in [1.82, 2.24) is 4.31 Å². The van der Waals surface area contributed by atoms with Crippen LogP contribution in [0.5, 0.6) is 0 Å². The van der Waals surface area contributed by atoms with Gasteiger partial charge in [0.05, 0.1) is 12.4 Å². The highest BCUT2D eigenvalue weighted by Gasteiger charge is 2.28. The van der Waals surface area contributed by atoms with Gasteiger partial charge in [0.1, 0.15) is 6.61 Å². The van der Waals surface area contributed by atoms with Crippen molar-refractivity contribution < 1.29 is 31.4 Å². The second-order valence-corrected chi connectivity index (χ2v) is 7.46. The van der Waals surface area contributed by atoms with E-state index in [4.69, 9.17) is 0 Å². The van der Waals surface area contributed by atoms with Crippen LogP contribution in [0.2, 0.25) is 0 Å². The summed E-state index contributed by atoms with van der Waals surface area (Å²) < 4.78 is 64.3. The summed E-state index contributed by atoms with van der Waals surface area (Å²) in [6.45, 7) is -0.631. The fourth-order valence-corrected chi connectivity index (χ4v) is 3.37. The van der Waals surface area contributed by atoms with Crippen LogP contribution in [0.15, 0.2) is 0 Å². The van der Waals surface area contributed by atoms with Gasteiger partial charge >= 0.3 is 6.18 Å². The zero-order chi connectivity index (χ0) is 16.1. The highest BCUT2D eigenvalue weighted by molar-refractivity contribution is 7.88. The number of aliphatic hydroxyl groups excluding tert-OH is 1. The fraction of sp³-hybridized carbons (Fsp3) is 1.00. The number of rotatable bonds is 7. The van der Waals surface area contributed by atoms with Gasteiger partial charge in [-0.2, -0.15) is 13.2 Å². The molecule has 1 aliphatic heterocycles. The molecule has 0 aromatic heterocycles. The predicted octanol–water partition coefficient (Wildman–Crippen LogP) is 1.38. The van der Waals surface area contributed by atoms with Crippen molar-refractivity contribution in [3.8, 4) is 0 Å². The Morgan fingerprint density at radius 2 is 2.10 bits per heavy atom. The summed E-state index contributed by atoms with van der Waals surface area (Å²) in [6.07, 6.45) is -1.95. The molecule has 9 heteroatoms. The average molecular weight is 333 g/mol. The highest BCUT2D eigenvalue weighted by Crippen LogP contribution is 2.23. The van der Waals surface area contributed by atoms with Crippen molar-refractivity contribution in [2.45, 2.75) is 38.0 Å². The van der Waals surface area contributed by atoms with Gasteiger partial charge in [-0.15, -0.1) is 0 Å². The minimum absolute atomic E-state index is 0.0334. The third kappa shape index (κ3) is 7.98. The predicted molar refractivity (Wildman–Crippen MR) is 71.3 cm³/mol. The van der Waals surface area contributed by atoms with Crippen LogP contribution < -0.4 is 0 Å². The van der Waals surface area contributed by atoms with Crippen LogP contribution in [0.25, 0.3) is 0 Å². The second-order valence-electron chi connectivity index (χ2n) is 5.48. The largest absolute Gasteiger partial charge is 0.411 e. The normalized spacial score (nSPS) is 23.2. The molecule has 1 rings (SSSR count). The summed E-state index contributed by atoms with van der Waals surface area (Å²) in [5, 5.41) is 9.79. The van der Waals surface area contributed by atoms with Crippen LogP contribution in [-0.4, -0.2) is 62.7 Å². The molecule has 1 N–H and O–H groups in total. The average Bonchev–Trinajstić information content (AvgIpc) is 2.33. The van der Waals surface area contributed by atoms with Gasteiger partial charge in [0, 0.05) is 19.7 Å². The summed E-state index contributed by atoms with van der Waals surface area (Å²) in [5.74, 6) is 0.0334. The standard InChI is InChI=1S/C12H22F3NO4S/c1-21(18,19)16-5-2-3-10(8-16)7-11(17)4-6-20-9-12(13,14)15/h10-11,17H,2-9H2,1H3. The molecular weight excluding hydrogens is 311 g/mol. The molecule has 1 heterocycles. The van der Waals surface area contributed by atoms with E-state index in [1.807, 2.05) is 0 Å².